The quantitative estimate of drug-likeness (QED) is 0.174. The summed E-state index contributed by atoms with van der Waals surface area (Å²) in [6.07, 6.45) is 0. The average molecular weight is 800 g/mol. The van der Waals surface area contributed by atoms with Gasteiger partial charge in [-0.25, -0.2) is 8.42 Å². The molecule has 0 unspecified atom stereocenters. The maximum Gasteiger partial charge on any atom is 0.207 e. The van der Waals surface area contributed by atoms with Gasteiger partial charge in [0.25, 0.3) is 0 Å². The summed E-state index contributed by atoms with van der Waals surface area (Å²) in [4.78, 5) is 0.682. The van der Waals surface area contributed by atoms with Gasteiger partial charge in [-0.2, -0.15) is 0 Å². The fourth-order valence-corrected chi connectivity index (χ4v) is 12.3. The number of hydrogen-bond donors (Lipinski definition) is 0. The van der Waals surface area contributed by atoms with Gasteiger partial charge < -0.3 is 4.57 Å². The molecule has 0 radical (unpaired) electrons. The molecule has 1 aliphatic rings. The van der Waals surface area contributed by atoms with Gasteiger partial charge in [-0.3, -0.25) is 0 Å². The summed E-state index contributed by atoms with van der Waals surface area (Å²) < 4.78 is 33.4. The van der Waals surface area contributed by atoms with Crippen molar-refractivity contribution in [1.82, 2.24) is 4.57 Å². The second kappa shape index (κ2) is 13.5. The van der Waals surface area contributed by atoms with Crippen molar-refractivity contribution >= 4 is 53.2 Å². The average Bonchev–Trinajstić information content (AvgIpc) is 3.66. The fourth-order valence-electron chi connectivity index (χ4n) is 10.3. The lowest BCUT2D eigenvalue weighted by molar-refractivity contribution is 0.580. The number of benzene rings is 10. The van der Waals surface area contributed by atoms with E-state index in [-0.39, 0.29) is 0 Å². The van der Waals surface area contributed by atoms with E-state index in [2.05, 4.69) is 156 Å². The highest BCUT2D eigenvalue weighted by Gasteiger charge is 2.49. The van der Waals surface area contributed by atoms with E-state index < -0.39 is 15.3 Å². The lowest BCUT2D eigenvalue weighted by Gasteiger charge is -2.42. The number of rotatable bonds is 5. The molecule has 0 saturated heterocycles. The van der Waals surface area contributed by atoms with Crippen LogP contribution < -0.4 is 0 Å². The van der Waals surface area contributed by atoms with Crippen LogP contribution in [0, 0.1) is 0 Å². The molecule has 0 spiro atoms. The van der Waals surface area contributed by atoms with Crippen LogP contribution in [0.5, 0.6) is 0 Å². The van der Waals surface area contributed by atoms with E-state index in [0.717, 1.165) is 72.0 Å². The number of sulfone groups is 1. The highest BCUT2D eigenvalue weighted by molar-refractivity contribution is 7.92. The minimum absolute atomic E-state index is 0.329. The van der Waals surface area contributed by atoms with E-state index in [1.54, 1.807) is 6.07 Å². The van der Waals surface area contributed by atoms with Gasteiger partial charge >= 0.3 is 0 Å². The second-order valence-corrected chi connectivity index (χ2v) is 17.8. The van der Waals surface area contributed by atoms with Crippen molar-refractivity contribution in [2.45, 2.75) is 15.2 Å². The lowest BCUT2D eigenvalue weighted by atomic mass is 9.64. The van der Waals surface area contributed by atoms with Crippen LogP contribution in [0.2, 0.25) is 0 Å². The van der Waals surface area contributed by atoms with E-state index in [9.17, 15) is 0 Å². The van der Waals surface area contributed by atoms with E-state index in [1.807, 2.05) is 66.7 Å². The molecule has 0 aliphatic carbocycles. The number of para-hydroxylation sites is 1. The molecule has 288 valence electrons. The number of hydrogen-bond acceptors (Lipinski definition) is 2. The van der Waals surface area contributed by atoms with Gasteiger partial charge in [0.15, 0.2) is 0 Å². The van der Waals surface area contributed by atoms with Crippen molar-refractivity contribution in [3.63, 3.8) is 0 Å². The Morgan fingerprint density at radius 2 is 0.902 bits per heavy atom. The molecule has 0 atom stereocenters. The van der Waals surface area contributed by atoms with Gasteiger partial charge in [0.1, 0.15) is 0 Å². The first kappa shape index (κ1) is 35.4. The summed E-state index contributed by atoms with van der Waals surface area (Å²) in [6, 6.07) is 77.7. The summed E-state index contributed by atoms with van der Waals surface area (Å²) in [5, 5.41) is 6.30. The number of aromatic nitrogens is 1. The molecule has 1 aliphatic heterocycles. The molecule has 0 bridgehead atoms. The third-order valence-corrected chi connectivity index (χ3v) is 14.7. The smallest absolute Gasteiger partial charge is 0.207 e. The second-order valence-electron chi connectivity index (χ2n) is 16.0. The molecule has 10 aromatic carbocycles. The molecular formula is C57H37NO2S. The SMILES string of the molecule is O=S1(=O)c2ccccc2C(c2ccccc2)(c2ccccc2)c2ccc3c(c21)c1ccccc1n3-c1cc(-c2cccc3ccccc23)cc(-c2cccc3ccccc23)c1. The standard InChI is InChI=1S/C57H37NO2S/c59-61(60)54-32-14-12-30-50(54)57(42-21-3-1-4-22-42,43-23-5-2-6-24-43)51-33-34-53-55(56(51)61)49-27-11-13-31-52(49)58(53)44-36-40(47-28-15-19-38-17-7-9-25-45(38)47)35-41(37-44)48-29-16-20-39-18-8-10-26-46(39)48/h1-37H. The van der Waals surface area contributed by atoms with Crippen LogP contribution in [0.4, 0.5) is 0 Å². The van der Waals surface area contributed by atoms with E-state index in [4.69, 9.17) is 0 Å². The molecule has 0 fully saturated rings. The minimum atomic E-state index is -4.04. The Morgan fingerprint density at radius 1 is 0.393 bits per heavy atom. The number of fused-ring (bicyclic) bond motifs is 8. The van der Waals surface area contributed by atoms with Gasteiger partial charge in [0.2, 0.25) is 9.84 Å². The maximum absolute atomic E-state index is 15.6. The lowest BCUT2D eigenvalue weighted by Crippen LogP contribution is -2.37. The molecule has 61 heavy (non-hydrogen) atoms. The zero-order valence-electron chi connectivity index (χ0n) is 33.0. The van der Waals surface area contributed by atoms with Gasteiger partial charge in [0.05, 0.1) is 26.2 Å². The Hall–Kier alpha value is -7.53. The van der Waals surface area contributed by atoms with Crippen LogP contribution in [0.15, 0.2) is 234 Å². The predicted molar refractivity (Wildman–Crippen MR) is 250 cm³/mol. The molecule has 0 N–H and O–H groups in total. The third kappa shape index (κ3) is 5.13. The van der Waals surface area contributed by atoms with Crippen molar-refractivity contribution in [2.75, 3.05) is 0 Å². The third-order valence-electron chi connectivity index (χ3n) is 12.8. The molecular weight excluding hydrogens is 763 g/mol. The van der Waals surface area contributed by atoms with E-state index >= 15 is 8.42 Å². The van der Waals surface area contributed by atoms with Crippen LogP contribution in [0.1, 0.15) is 22.3 Å². The van der Waals surface area contributed by atoms with Crippen molar-refractivity contribution in [3.8, 4) is 27.9 Å². The summed E-state index contributed by atoms with van der Waals surface area (Å²) in [6.45, 7) is 0. The highest BCUT2D eigenvalue weighted by atomic mass is 32.2. The Kier molecular flexibility index (Phi) is 7.84. The molecule has 3 nitrogen and oxygen atoms in total. The number of nitrogens with zero attached hydrogens (tertiary/aromatic N) is 1. The summed E-state index contributed by atoms with van der Waals surface area (Å²) in [7, 11) is -4.04. The topological polar surface area (TPSA) is 39.1 Å². The molecule has 2 heterocycles. The summed E-state index contributed by atoms with van der Waals surface area (Å²) in [5.74, 6) is 0. The van der Waals surface area contributed by atoms with Crippen LogP contribution in [-0.4, -0.2) is 13.0 Å². The fraction of sp³-hybridized carbons (Fsp3) is 0.0175. The molecule has 0 amide bonds. The first-order valence-corrected chi connectivity index (χ1v) is 22.2. The van der Waals surface area contributed by atoms with Gasteiger partial charge in [0, 0.05) is 16.5 Å². The van der Waals surface area contributed by atoms with Crippen LogP contribution >= 0.6 is 0 Å². The van der Waals surface area contributed by atoms with Crippen LogP contribution in [0.3, 0.4) is 0 Å². The largest absolute Gasteiger partial charge is 0.309 e. The predicted octanol–water partition coefficient (Wildman–Crippen LogP) is 14.0. The first-order chi connectivity index (χ1) is 30.0. The maximum atomic E-state index is 15.6. The van der Waals surface area contributed by atoms with Crippen molar-refractivity contribution in [3.05, 3.63) is 247 Å². The van der Waals surface area contributed by atoms with Crippen molar-refractivity contribution < 1.29 is 8.42 Å². The Balaban J connectivity index is 1.22. The zero-order chi connectivity index (χ0) is 40.7. The Morgan fingerprint density at radius 3 is 1.52 bits per heavy atom. The van der Waals surface area contributed by atoms with E-state index in [1.165, 1.54) is 21.5 Å². The normalized spacial score (nSPS) is 14.0. The highest BCUT2D eigenvalue weighted by Crippen LogP contribution is 2.56. The Bertz CT molecular complexity index is 3510. The van der Waals surface area contributed by atoms with Crippen molar-refractivity contribution in [2.24, 2.45) is 0 Å². The minimum Gasteiger partial charge on any atom is -0.309 e. The van der Waals surface area contributed by atoms with Crippen molar-refractivity contribution in [1.29, 1.82) is 0 Å². The molecule has 11 aromatic rings. The molecule has 1 aromatic heterocycles. The van der Waals surface area contributed by atoms with Gasteiger partial charge in [-0.1, -0.05) is 188 Å². The zero-order valence-corrected chi connectivity index (χ0v) is 33.9. The van der Waals surface area contributed by atoms with Gasteiger partial charge in [-0.15, -0.1) is 0 Å². The van der Waals surface area contributed by atoms with Crippen LogP contribution in [-0.2, 0) is 15.3 Å². The summed E-state index contributed by atoms with van der Waals surface area (Å²) >= 11 is 0. The molecule has 4 heteroatoms. The Labute approximate surface area is 354 Å². The molecule has 12 rings (SSSR count). The molecule has 0 saturated carbocycles. The van der Waals surface area contributed by atoms with Gasteiger partial charge in [-0.05, 0) is 102 Å². The van der Waals surface area contributed by atoms with Crippen LogP contribution in [0.25, 0.3) is 71.3 Å². The van der Waals surface area contributed by atoms with E-state index in [0.29, 0.717) is 9.79 Å². The summed E-state index contributed by atoms with van der Waals surface area (Å²) in [5.41, 5.74) is 9.75. The first-order valence-electron chi connectivity index (χ1n) is 20.7. The monoisotopic (exact) mass is 799 g/mol.